The Bertz CT molecular complexity index is 753. The molecule has 21 heavy (non-hydrogen) atoms. The Kier molecular flexibility index (Phi) is 4.07. The van der Waals surface area contributed by atoms with Gasteiger partial charge in [0.1, 0.15) is 11.5 Å². The van der Waals surface area contributed by atoms with Crippen LogP contribution in [-0.4, -0.2) is 10.5 Å². The normalized spacial score (nSPS) is 10.4. The zero-order valence-corrected chi connectivity index (χ0v) is 11.8. The van der Waals surface area contributed by atoms with Crippen molar-refractivity contribution in [1.29, 1.82) is 0 Å². The molecule has 0 aliphatic rings. The molecule has 0 saturated carbocycles. The zero-order valence-electron chi connectivity index (χ0n) is 11.8. The maximum absolute atomic E-state index is 13.9. The van der Waals surface area contributed by atoms with Crippen molar-refractivity contribution in [2.75, 3.05) is 5.32 Å². The summed E-state index contributed by atoms with van der Waals surface area (Å²) >= 11 is 0. The number of halogens is 1. The SMILES string of the molecule is CCc1ccc(Nc2cc(C(N)=O)n(C)c(=O)c2)c(F)c1. The van der Waals surface area contributed by atoms with E-state index in [1.165, 1.54) is 25.2 Å². The van der Waals surface area contributed by atoms with Crippen LogP contribution in [0.15, 0.2) is 35.1 Å². The highest BCUT2D eigenvalue weighted by Gasteiger charge is 2.10. The summed E-state index contributed by atoms with van der Waals surface area (Å²) in [7, 11) is 1.45. The number of anilines is 2. The summed E-state index contributed by atoms with van der Waals surface area (Å²) < 4.78 is 15.1. The van der Waals surface area contributed by atoms with Gasteiger partial charge in [0.25, 0.3) is 11.5 Å². The number of nitrogens with zero attached hydrogens (tertiary/aromatic N) is 1. The third kappa shape index (κ3) is 3.10. The lowest BCUT2D eigenvalue weighted by molar-refractivity contribution is 0.0991. The van der Waals surface area contributed by atoms with E-state index in [2.05, 4.69) is 5.32 Å². The van der Waals surface area contributed by atoms with Crippen molar-refractivity contribution < 1.29 is 9.18 Å². The van der Waals surface area contributed by atoms with Crippen molar-refractivity contribution in [3.63, 3.8) is 0 Å². The first kappa shape index (κ1) is 14.8. The van der Waals surface area contributed by atoms with Crippen LogP contribution in [0.4, 0.5) is 15.8 Å². The lowest BCUT2D eigenvalue weighted by Crippen LogP contribution is -2.26. The second kappa shape index (κ2) is 5.78. The monoisotopic (exact) mass is 289 g/mol. The van der Waals surface area contributed by atoms with Crippen LogP contribution in [0.1, 0.15) is 23.0 Å². The molecular formula is C15H16FN3O2. The fourth-order valence-electron chi connectivity index (χ4n) is 1.98. The number of aromatic nitrogens is 1. The fraction of sp³-hybridized carbons (Fsp3) is 0.200. The number of pyridine rings is 1. The van der Waals surface area contributed by atoms with Crippen molar-refractivity contribution in [3.8, 4) is 0 Å². The minimum atomic E-state index is -0.722. The average molecular weight is 289 g/mol. The molecule has 0 atom stereocenters. The molecular weight excluding hydrogens is 273 g/mol. The van der Waals surface area contributed by atoms with Crippen molar-refractivity contribution >= 4 is 17.3 Å². The Balaban J connectivity index is 2.40. The molecule has 0 unspecified atom stereocenters. The molecule has 0 fully saturated rings. The van der Waals surface area contributed by atoms with Gasteiger partial charge in [0.05, 0.1) is 5.69 Å². The van der Waals surface area contributed by atoms with Crippen LogP contribution in [0.3, 0.4) is 0 Å². The van der Waals surface area contributed by atoms with Crippen LogP contribution in [0, 0.1) is 5.82 Å². The molecule has 110 valence electrons. The van der Waals surface area contributed by atoms with Gasteiger partial charge in [-0.25, -0.2) is 4.39 Å². The number of primary amides is 1. The molecule has 2 rings (SSSR count). The minimum absolute atomic E-state index is 0.0515. The lowest BCUT2D eigenvalue weighted by atomic mass is 10.1. The molecule has 0 spiro atoms. The highest BCUT2D eigenvalue weighted by Crippen LogP contribution is 2.21. The summed E-state index contributed by atoms with van der Waals surface area (Å²) in [5.74, 6) is -1.14. The molecule has 6 heteroatoms. The fourth-order valence-corrected chi connectivity index (χ4v) is 1.98. The summed E-state index contributed by atoms with van der Waals surface area (Å²) in [6.07, 6.45) is 0.731. The quantitative estimate of drug-likeness (QED) is 0.903. The molecule has 0 bridgehead atoms. The van der Waals surface area contributed by atoms with E-state index in [0.29, 0.717) is 5.69 Å². The largest absolute Gasteiger partial charge is 0.364 e. The van der Waals surface area contributed by atoms with Crippen molar-refractivity contribution in [2.45, 2.75) is 13.3 Å². The van der Waals surface area contributed by atoms with E-state index < -0.39 is 17.3 Å². The van der Waals surface area contributed by atoms with E-state index in [4.69, 9.17) is 5.73 Å². The Morgan fingerprint density at radius 2 is 2.05 bits per heavy atom. The van der Waals surface area contributed by atoms with Gasteiger partial charge in [-0.2, -0.15) is 0 Å². The third-order valence-corrected chi connectivity index (χ3v) is 3.24. The predicted octanol–water partition coefficient (Wildman–Crippen LogP) is 1.93. The van der Waals surface area contributed by atoms with Gasteiger partial charge in [0.2, 0.25) is 0 Å². The standard InChI is InChI=1S/C15H16FN3O2/c1-3-9-4-5-12(11(16)6-9)18-10-7-13(15(17)21)19(2)14(20)8-10/h4-8,18H,3H2,1-2H3,(H2,17,21). The molecule has 2 aromatic rings. The van der Waals surface area contributed by atoms with Gasteiger partial charge in [0, 0.05) is 18.8 Å². The van der Waals surface area contributed by atoms with E-state index >= 15 is 0 Å². The van der Waals surface area contributed by atoms with Crippen LogP contribution >= 0.6 is 0 Å². The number of carbonyl (C=O) groups is 1. The highest BCUT2D eigenvalue weighted by atomic mass is 19.1. The van der Waals surface area contributed by atoms with Gasteiger partial charge in [-0.1, -0.05) is 13.0 Å². The van der Waals surface area contributed by atoms with Gasteiger partial charge in [-0.15, -0.1) is 0 Å². The minimum Gasteiger partial charge on any atom is -0.364 e. The first-order chi connectivity index (χ1) is 9.92. The first-order valence-corrected chi connectivity index (χ1v) is 6.48. The Morgan fingerprint density at radius 1 is 1.33 bits per heavy atom. The summed E-state index contributed by atoms with van der Waals surface area (Å²) in [6, 6.07) is 7.51. The topological polar surface area (TPSA) is 77.1 Å². The highest BCUT2D eigenvalue weighted by molar-refractivity contribution is 5.92. The molecule has 0 saturated heterocycles. The van der Waals surface area contributed by atoms with Crippen LogP contribution < -0.4 is 16.6 Å². The number of nitrogens with two attached hydrogens (primary N) is 1. The van der Waals surface area contributed by atoms with Gasteiger partial charge in [0.15, 0.2) is 0 Å². The number of aryl methyl sites for hydroxylation is 1. The summed E-state index contributed by atoms with van der Waals surface area (Å²) in [4.78, 5) is 23.1. The number of hydrogen-bond donors (Lipinski definition) is 2. The molecule has 1 aromatic heterocycles. The summed E-state index contributed by atoms with van der Waals surface area (Å²) in [5.41, 5.74) is 6.28. The summed E-state index contributed by atoms with van der Waals surface area (Å²) in [6.45, 7) is 1.93. The summed E-state index contributed by atoms with van der Waals surface area (Å²) in [5, 5.41) is 2.79. The Morgan fingerprint density at radius 3 is 2.62 bits per heavy atom. The van der Waals surface area contributed by atoms with Crippen molar-refractivity contribution in [2.24, 2.45) is 12.8 Å². The number of benzene rings is 1. The van der Waals surface area contributed by atoms with Gasteiger partial charge in [-0.05, 0) is 30.2 Å². The third-order valence-electron chi connectivity index (χ3n) is 3.24. The molecule has 0 aliphatic carbocycles. The van der Waals surface area contributed by atoms with E-state index in [-0.39, 0.29) is 11.4 Å². The van der Waals surface area contributed by atoms with E-state index in [1.54, 1.807) is 12.1 Å². The smallest absolute Gasteiger partial charge is 0.265 e. The molecule has 0 aliphatic heterocycles. The second-order valence-corrected chi connectivity index (χ2v) is 4.68. The van der Waals surface area contributed by atoms with E-state index in [9.17, 15) is 14.0 Å². The van der Waals surface area contributed by atoms with Crippen LogP contribution in [-0.2, 0) is 13.5 Å². The number of carbonyl (C=O) groups excluding carboxylic acids is 1. The Hall–Kier alpha value is -2.63. The van der Waals surface area contributed by atoms with Crippen LogP contribution in [0.25, 0.3) is 0 Å². The average Bonchev–Trinajstić information content (AvgIpc) is 2.44. The van der Waals surface area contributed by atoms with Gasteiger partial charge < -0.3 is 15.6 Å². The lowest BCUT2D eigenvalue weighted by Gasteiger charge is -2.11. The maximum Gasteiger partial charge on any atom is 0.265 e. The first-order valence-electron chi connectivity index (χ1n) is 6.48. The van der Waals surface area contributed by atoms with Crippen LogP contribution in [0.2, 0.25) is 0 Å². The molecule has 1 aromatic carbocycles. The van der Waals surface area contributed by atoms with Gasteiger partial charge >= 0.3 is 0 Å². The molecule has 5 nitrogen and oxygen atoms in total. The van der Waals surface area contributed by atoms with Crippen molar-refractivity contribution in [3.05, 3.63) is 57.8 Å². The second-order valence-electron chi connectivity index (χ2n) is 4.68. The maximum atomic E-state index is 13.9. The predicted molar refractivity (Wildman–Crippen MR) is 79.3 cm³/mol. The molecule has 0 radical (unpaired) electrons. The number of amides is 1. The van der Waals surface area contributed by atoms with E-state index in [1.807, 2.05) is 6.92 Å². The number of nitrogens with one attached hydrogen (secondary N) is 1. The zero-order chi connectivity index (χ0) is 15.6. The molecule has 1 amide bonds. The van der Waals surface area contributed by atoms with E-state index in [0.717, 1.165) is 16.6 Å². The molecule has 3 N–H and O–H groups in total. The number of hydrogen-bond acceptors (Lipinski definition) is 3. The Labute approximate surface area is 121 Å². The van der Waals surface area contributed by atoms with Gasteiger partial charge in [-0.3, -0.25) is 9.59 Å². The van der Waals surface area contributed by atoms with Crippen molar-refractivity contribution in [1.82, 2.24) is 4.57 Å². The number of rotatable bonds is 4. The van der Waals surface area contributed by atoms with Crippen LogP contribution in [0.5, 0.6) is 0 Å². The molecule has 1 heterocycles.